The molecule has 2 heterocycles. The topological polar surface area (TPSA) is 29.5 Å². The zero-order chi connectivity index (χ0) is 32.0. The molecule has 1 aliphatic carbocycles. The first-order valence-electron chi connectivity index (χ1n) is 16.5. The lowest BCUT2D eigenvalue weighted by molar-refractivity contribution is 0.662. The van der Waals surface area contributed by atoms with E-state index in [1.54, 1.807) is 0 Å². The zero-order valence-corrected chi connectivity index (χ0v) is 26.7. The summed E-state index contributed by atoms with van der Waals surface area (Å²) in [7, 11) is 0. The number of fused-ring (bicyclic) bond motifs is 9. The van der Waals surface area contributed by atoms with Crippen LogP contribution in [0.2, 0.25) is 0 Å². The lowest BCUT2D eigenvalue weighted by atomic mass is 9.78. The van der Waals surface area contributed by atoms with E-state index in [0.717, 1.165) is 60.9 Å². The molecular formula is C45H31NO2. The molecule has 10 rings (SSSR count). The summed E-state index contributed by atoms with van der Waals surface area (Å²) < 4.78 is 12.8. The van der Waals surface area contributed by atoms with Crippen molar-refractivity contribution in [3.63, 3.8) is 0 Å². The fourth-order valence-electron chi connectivity index (χ4n) is 8.04. The maximum atomic E-state index is 6.42. The minimum atomic E-state index is -0.152. The van der Waals surface area contributed by atoms with Crippen molar-refractivity contribution >= 4 is 60.9 Å². The fraction of sp³-hybridized carbons (Fsp3) is 0.0667. The van der Waals surface area contributed by atoms with Crippen molar-refractivity contribution in [3.8, 4) is 22.3 Å². The van der Waals surface area contributed by atoms with Crippen LogP contribution in [0.5, 0.6) is 0 Å². The van der Waals surface area contributed by atoms with Crippen LogP contribution in [0, 0.1) is 0 Å². The minimum absolute atomic E-state index is 0.152. The van der Waals surface area contributed by atoms with Crippen LogP contribution >= 0.6 is 0 Å². The molecule has 0 atom stereocenters. The van der Waals surface area contributed by atoms with E-state index in [1.807, 2.05) is 24.3 Å². The third kappa shape index (κ3) is 3.88. The summed E-state index contributed by atoms with van der Waals surface area (Å²) in [6.07, 6.45) is 0. The highest BCUT2D eigenvalue weighted by molar-refractivity contribution is 6.08. The number of hydrogen-bond acceptors (Lipinski definition) is 3. The second-order valence-electron chi connectivity index (χ2n) is 13.3. The predicted octanol–water partition coefficient (Wildman–Crippen LogP) is 12.9. The Labute approximate surface area is 278 Å². The molecule has 0 fully saturated rings. The van der Waals surface area contributed by atoms with Crippen molar-refractivity contribution < 1.29 is 8.83 Å². The Hall–Kier alpha value is -6.06. The van der Waals surface area contributed by atoms with Crippen molar-refractivity contribution in [2.24, 2.45) is 0 Å². The largest absolute Gasteiger partial charge is 0.456 e. The van der Waals surface area contributed by atoms with Gasteiger partial charge in [0.1, 0.15) is 22.3 Å². The predicted molar refractivity (Wildman–Crippen MR) is 199 cm³/mol. The second-order valence-corrected chi connectivity index (χ2v) is 13.3. The van der Waals surface area contributed by atoms with Crippen LogP contribution in [0.1, 0.15) is 25.0 Å². The van der Waals surface area contributed by atoms with Crippen LogP contribution < -0.4 is 4.90 Å². The monoisotopic (exact) mass is 617 g/mol. The van der Waals surface area contributed by atoms with E-state index in [2.05, 4.69) is 146 Å². The Balaban J connectivity index is 1.27. The summed E-state index contributed by atoms with van der Waals surface area (Å²) in [6.45, 7) is 4.71. The van der Waals surface area contributed by atoms with Crippen LogP contribution in [-0.2, 0) is 5.41 Å². The highest BCUT2D eigenvalue weighted by atomic mass is 16.3. The Kier molecular flexibility index (Phi) is 5.63. The average Bonchev–Trinajstić information content (AvgIpc) is 3.76. The van der Waals surface area contributed by atoms with Gasteiger partial charge in [-0.15, -0.1) is 0 Å². The molecule has 0 saturated heterocycles. The first kappa shape index (κ1) is 27.1. The van der Waals surface area contributed by atoms with Gasteiger partial charge in [-0.1, -0.05) is 105 Å². The number of nitrogens with zero attached hydrogens (tertiary/aromatic N) is 1. The van der Waals surface area contributed by atoms with Crippen molar-refractivity contribution in [2.75, 3.05) is 4.90 Å². The lowest BCUT2D eigenvalue weighted by Crippen LogP contribution is -2.17. The molecule has 7 aromatic carbocycles. The fourth-order valence-corrected chi connectivity index (χ4v) is 8.04. The van der Waals surface area contributed by atoms with Crippen LogP contribution in [0.3, 0.4) is 0 Å². The summed E-state index contributed by atoms with van der Waals surface area (Å²) >= 11 is 0. The molecule has 0 N–H and O–H groups in total. The Morgan fingerprint density at radius 3 is 1.58 bits per heavy atom. The number of hydrogen-bond donors (Lipinski definition) is 0. The Morgan fingerprint density at radius 1 is 0.417 bits per heavy atom. The molecule has 3 heteroatoms. The molecule has 1 aliphatic rings. The second kappa shape index (κ2) is 9.97. The van der Waals surface area contributed by atoms with Crippen molar-refractivity contribution in [1.82, 2.24) is 0 Å². The van der Waals surface area contributed by atoms with E-state index in [1.165, 1.54) is 33.4 Å². The molecule has 0 bridgehead atoms. The van der Waals surface area contributed by atoms with Gasteiger partial charge in [0.2, 0.25) is 0 Å². The highest BCUT2D eigenvalue weighted by Gasteiger charge is 2.38. The summed E-state index contributed by atoms with van der Waals surface area (Å²) in [4.78, 5) is 2.35. The van der Waals surface area contributed by atoms with Gasteiger partial charge in [0.25, 0.3) is 0 Å². The van der Waals surface area contributed by atoms with Crippen LogP contribution in [0.25, 0.3) is 66.1 Å². The highest BCUT2D eigenvalue weighted by Crippen LogP contribution is 2.54. The van der Waals surface area contributed by atoms with Gasteiger partial charge in [0.15, 0.2) is 0 Å². The molecule has 0 saturated carbocycles. The standard InChI is InChI=1S/C45H31NO2/c1-45(2)39-17-9-6-14-32(39)38-25-31(24-37(44(38)45)28-12-4-3-5-13-28)46(29-20-22-35-33-15-7-10-18-40(33)47-42(35)26-29)30-21-23-36-34-16-8-11-19-41(34)48-43(36)27-30/h3-27H,1-2H3. The van der Waals surface area contributed by atoms with Gasteiger partial charge in [-0.3, -0.25) is 0 Å². The number of benzene rings is 7. The Morgan fingerprint density at radius 2 is 0.938 bits per heavy atom. The number of rotatable bonds is 4. The van der Waals surface area contributed by atoms with Crippen molar-refractivity contribution in [2.45, 2.75) is 19.3 Å². The van der Waals surface area contributed by atoms with E-state index >= 15 is 0 Å². The molecular weight excluding hydrogens is 587 g/mol. The normalized spacial score (nSPS) is 13.4. The van der Waals surface area contributed by atoms with Crippen LogP contribution in [-0.4, -0.2) is 0 Å². The molecule has 228 valence electrons. The summed E-state index contributed by atoms with van der Waals surface area (Å²) in [5.41, 5.74) is 14.2. The lowest BCUT2D eigenvalue weighted by Gasteiger charge is -2.29. The van der Waals surface area contributed by atoms with E-state index in [0.29, 0.717) is 0 Å². The first-order chi connectivity index (χ1) is 23.5. The number of furan rings is 2. The first-order valence-corrected chi connectivity index (χ1v) is 16.5. The molecule has 0 amide bonds. The van der Waals surface area contributed by atoms with Gasteiger partial charge in [-0.25, -0.2) is 0 Å². The van der Waals surface area contributed by atoms with Gasteiger partial charge in [0, 0.05) is 56.2 Å². The summed E-state index contributed by atoms with van der Waals surface area (Å²) in [6, 6.07) is 54.0. The SMILES string of the molecule is CC1(C)c2ccccc2-c2cc(N(c3ccc4c(c3)oc3ccccc34)c3ccc4c(c3)oc3ccccc34)cc(-c3ccccc3)c21. The maximum absolute atomic E-state index is 6.42. The van der Waals surface area contributed by atoms with Crippen LogP contribution in [0.4, 0.5) is 17.1 Å². The summed E-state index contributed by atoms with van der Waals surface area (Å²) in [5.74, 6) is 0. The van der Waals surface area contributed by atoms with E-state index in [4.69, 9.17) is 8.83 Å². The smallest absolute Gasteiger partial charge is 0.137 e. The molecule has 9 aromatic rings. The third-order valence-electron chi connectivity index (χ3n) is 10.2. The van der Waals surface area contributed by atoms with Crippen molar-refractivity contribution in [1.29, 1.82) is 0 Å². The average molecular weight is 618 g/mol. The maximum Gasteiger partial charge on any atom is 0.137 e. The van der Waals surface area contributed by atoms with E-state index < -0.39 is 0 Å². The van der Waals surface area contributed by atoms with Crippen LogP contribution in [0.15, 0.2) is 160 Å². The van der Waals surface area contributed by atoms with E-state index in [9.17, 15) is 0 Å². The van der Waals surface area contributed by atoms with Gasteiger partial charge >= 0.3 is 0 Å². The quantitative estimate of drug-likeness (QED) is 0.197. The van der Waals surface area contributed by atoms with Crippen molar-refractivity contribution in [3.05, 3.63) is 163 Å². The summed E-state index contributed by atoms with van der Waals surface area (Å²) in [5, 5.41) is 4.46. The molecule has 2 aromatic heterocycles. The zero-order valence-electron chi connectivity index (χ0n) is 26.7. The molecule has 0 radical (unpaired) electrons. The molecule has 0 aliphatic heterocycles. The van der Waals surface area contributed by atoms with Gasteiger partial charge < -0.3 is 13.7 Å². The molecule has 3 nitrogen and oxygen atoms in total. The van der Waals surface area contributed by atoms with Gasteiger partial charge in [-0.2, -0.15) is 0 Å². The van der Waals surface area contributed by atoms with Gasteiger partial charge in [-0.05, 0) is 81.9 Å². The number of anilines is 3. The minimum Gasteiger partial charge on any atom is -0.456 e. The van der Waals surface area contributed by atoms with Gasteiger partial charge in [0.05, 0.1) is 0 Å². The molecule has 0 spiro atoms. The third-order valence-corrected chi connectivity index (χ3v) is 10.2. The molecule has 0 unspecified atom stereocenters. The Bertz CT molecular complexity index is 2600. The number of para-hydroxylation sites is 2. The molecule has 48 heavy (non-hydrogen) atoms. The van der Waals surface area contributed by atoms with E-state index in [-0.39, 0.29) is 5.41 Å².